The SMILES string of the molecule is CCC(CC)(CNc1nc(C)ccc1S(=O)(=O)N(C)CCc1ccccc1[N+](=O)[O-])SC. The summed E-state index contributed by atoms with van der Waals surface area (Å²) < 4.78 is 27.9. The van der Waals surface area contributed by atoms with Crippen LogP contribution in [0.2, 0.25) is 0 Å². The number of aryl methyl sites for hydroxylation is 1. The molecule has 176 valence electrons. The van der Waals surface area contributed by atoms with Crippen molar-refractivity contribution in [3.8, 4) is 0 Å². The van der Waals surface area contributed by atoms with Crippen molar-refractivity contribution >= 4 is 33.3 Å². The molecule has 0 aliphatic carbocycles. The Morgan fingerprint density at radius 1 is 1.19 bits per heavy atom. The highest BCUT2D eigenvalue weighted by Gasteiger charge is 2.29. The first-order valence-corrected chi connectivity index (χ1v) is 13.2. The summed E-state index contributed by atoms with van der Waals surface area (Å²) in [5.41, 5.74) is 1.21. The van der Waals surface area contributed by atoms with Crippen molar-refractivity contribution in [2.24, 2.45) is 0 Å². The van der Waals surface area contributed by atoms with E-state index in [4.69, 9.17) is 0 Å². The third kappa shape index (κ3) is 5.99. The lowest BCUT2D eigenvalue weighted by molar-refractivity contribution is -0.385. The zero-order valence-corrected chi connectivity index (χ0v) is 20.9. The molecule has 8 nitrogen and oxygen atoms in total. The number of nitrogens with zero attached hydrogens (tertiary/aromatic N) is 3. The fraction of sp³-hybridized carbons (Fsp3) is 0.500. The van der Waals surface area contributed by atoms with Crippen molar-refractivity contribution in [1.29, 1.82) is 0 Å². The first-order chi connectivity index (χ1) is 15.1. The maximum absolute atomic E-state index is 13.3. The summed E-state index contributed by atoms with van der Waals surface area (Å²) in [7, 11) is -2.36. The highest BCUT2D eigenvalue weighted by atomic mass is 32.2. The van der Waals surface area contributed by atoms with Crippen molar-refractivity contribution in [3.63, 3.8) is 0 Å². The van der Waals surface area contributed by atoms with Gasteiger partial charge in [0.15, 0.2) is 0 Å². The number of likely N-dealkylation sites (N-methyl/N-ethyl adjacent to an activating group) is 1. The summed E-state index contributed by atoms with van der Waals surface area (Å²) >= 11 is 1.76. The topological polar surface area (TPSA) is 105 Å². The molecule has 0 amide bonds. The normalized spacial score (nSPS) is 12.2. The number of anilines is 1. The number of hydrogen-bond acceptors (Lipinski definition) is 7. The highest BCUT2D eigenvalue weighted by molar-refractivity contribution is 8.00. The Hall–Kier alpha value is -2.17. The molecule has 0 bridgehead atoms. The average molecular weight is 481 g/mol. The molecule has 1 aromatic carbocycles. The number of nitrogens with one attached hydrogen (secondary N) is 1. The lowest BCUT2D eigenvalue weighted by Gasteiger charge is -2.30. The minimum atomic E-state index is -3.85. The van der Waals surface area contributed by atoms with Gasteiger partial charge in [0.1, 0.15) is 10.7 Å². The minimum absolute atomic E-state index is 0.00908. The van der Waals surface area contributed by atoms with Gasteiger partial charge in [0.25, 0.3) is 5.69 Å². The van der Waals surface area contributed by atoms with Crippen molar-refractivity contribution in [2.45, 2.75) is 49.7 Å². The second-order valence-electron chi connectivity index (χ2n) is 7.71. The smallest absolute Gasteiger partial charge is 0.272 e. The first-order valence-electron chi connectivity index (χ1n) is 10.6. The van der Waals surface area contributed by atoms with Crippen molar-refractivity contribution in [2.75, 3.05) is 31.7 Å². The number of aromatic nitrogens is 1. The van der Waals surface area contributed by atoms with Gasteiger partial charge < -0.3 is 5.32 Å². The highest BCUT2D eigenvalue weighted by Crippen LogP contribution is 2.32. The number of benzene rings is 1. The molecule has 1 aromatic heterocycles. The Morgan fingerprint density at radius 3 is 2.44 bits per heavy atom. The van der Waals surface area contributed by atoms with E-state index in [-0.39, 0.29) is 28.3 Å². The molecule has 0 aliphatic heterocycles. The third-order valence-corrected chi connectivity index (χ3v) is 9.35. The fourth-order valence-electron chi connectivity index (χ4n) is 3.45. The van der Waals surface area contributed by atoms with Crippen LogP contribution in [-0.2, 0) is 16.4 Å². The van der Waals surface area contributed by atoms with E-state index >= 15 is 0 Å². The van der Waals surface area contributed by atoms with Crippen LogP contribution in [0.15, 0.2) is 41.3 Å². The van der Waals surface area contributed by atoms with Gasteiger partial charge in [-0.2, -0.15) is 11.8 Å². The molecule has 10 heteroatoms. The van der Waals surface area contributed by atoms with Gasteiger partial charge >= 0.3 is 0 Å². The van der Waals surface area contributed by atoms with E-state index in [0.717, 1.165) is 18.5 Å². The van der Waals surface area contributed by atoms with Crippen LogP contribution < -0.4 is 5.32 Å². The molecular formula is C22H32N4O4S2. The van der Waals surface area contributed by atoms with Gasteiger partial charge in [-0.25, -0.2) is 17.7 Å². The van der Waals surface area contributed by atoms with Gasteiger partial charge in [0, 0.05) is 42.2 Å². The quantitative estimate of drug-likeness (QED) is 0.352. The number of para-hydroxylation sites is 1. The zero-order chi connectivity index (χ0) is 23.9. The van der Waals surface area contributed by atoms with E-state index < -0.39 is 14.9 Å². The van der Waals surface area contributed by atoms with Crippen LogP contribution in [0.5, 0.6) is 0 Å². The predicted molar refractivity (Wildman–Crippen MR) is 131 cm³/mol. The number of hydrogen-bond donors (Lipinski definition) is 1. The maximum Gasteiger partial charge on any atom is 0.272 e. The molecule has 0 unspecified atom stereocenters. The van der Waals surface area contributed by atoms with E-state index in [2.05, 4.69) is 30.4 Å². The van der Waals surface area contributed by atoms with Crippen LogP contribution in [-0.4, -0.2) is 53.8 Å². The van der Waals surface area contributed by atoms with Gasteiger partial charge in [-0.1, -0.05) is 32.0 Å². The number of thioether (sulfide) groups is 1. The van der Waals surface area contributed by atoms with E-state index in [0.29, 0.717) is 17.9 Å². The summed E-state index contributed by atoms with van der Waals surface area (Å²) in [4.78, 5) is 15.4. The molecule has 0 atom stereocenters. The Labute approximate surface area is 195 Å². The number of nitro benzene ring substituents is 1. The standard InChI is InChI=1S/C22H32N4O4S2/c1-6-22(7-2,31-5)16-23-21-20(13-12-17(3)24-21)32(29,30)25(4)15-14-18-10-8-9-11-19(18)26(27)28/h8-13H,6-7,14-16H2,1-5H3,(H,23,24). The van der Waals surface area contributed by atoms with Crippen molar-refractivity contribution in [1.82, 2.24) is 9.29 Å². The zero-order valence-electron chi connectivity index (χ0n) is 19.3. The summed E-state index contributed by atoms with van der Waals surface area (Å²) in [6, 6.07) is 9.63. The van der Waals surface area contributed by atoms with Crippen LogP contribution in [0.25, 0.3) is 0 Å². The summed E-state index contributed by atoms with van der Waals surface area (Å²) in [5, 5.41) is 14.5. The molecule has 0 aliphatic rings. The molecular weight excluding hydrogens is 448 g/mol. The predicted octanol–water partition coefficient (Wildman–Crippen LogP) is 4.50. The lowest BCUT2D eigenvalue weighted by atomic mass is 10.0. The summed E-state index contributed by atoms with van der Waals surface area (Å²) in [6.07, 6.45) is 4.19. The average Bonchev–Trinajstić information content (AvgIpc) is 2.78. The van der Waals surface area contributed by atoms with Gasteiger partial charge in [0.05, 0.1) is 4.92 Å². The van der Waals surface area contributed by atoms with E-state index in [1.165, 1.54) is 17.4 Å². The number of pyridine rings is 1. The lowest BCUT2D eigenvalue weighted by Crippen LogP contribution is -2.34. The Kier molecular flexibility index (Phi) is 9.06. The van der Waals surface area contributed by atoms with Crippen LogP contribution >= 0.6 is 11.8 Å². The molecule has 2 aromatic rings. The van der Waals surface area contributed by atoms with Gasteiger partial charge in [-0.15, -0.1) is 0 Å². The second kappa shape index (κ2) is 11.1. The van der Waals surface area contributed by atoms with Crippen LogP contribution in [0.1, 0.15) is 37.9 Å². The van der Waals surface area contributed by atoms with E-state index in [1.807, 2.05) is 6.92 Å². The third-order valence-electron chi connectivity index (χ3n) is 5.87. The largest absolute Gasteiger partial charge is 0.368 e. The fourth-order valence-corrected chi connectivity index (χ4v) is 5.51. The molecule has 0 spiro atoms. The minimum Gasteiger partial charge on any atom is -0.368 e. The van der Waals surface area contributed by atoms with E-state index in [9.17, 15) is 18.5 Å². The Morgan fingerprint density at radius 2 is 1.84 bits per heavy atom. The molecule has 32 heavy (non-hydrogen) atoms. The summed E-state index contributed by atoms with van der Waals surface area (Å²) in [5.74, 6) is 0.336. The van der Waals surface area contributed by atoms with Gasteiger partial charge in [-0.05, 0) is 44.6 Å². The number of nitro groups is 1. The van der Waals surface area contributed by atoms with Crippen LogP contribution in [0.3, 0.4) is 0 Å². The molecule has 2 rings (SSSR count). The summed E-state index contributed by atoms with van der Waals surface area (Å²) in [6.45, 7) is 6.78. The van der Waals surface area contributed by atoms with Crippen molar-refractivity contribution < 1.29 is 13.3 Å². The first kappa shape index (κ1) is 26.1. The molecule has 0 fully saturated rings. The molecule has 1 heterocycles. The molecule has 0 radical (unpaired) electrons. The molecule has 0 saturated heterocycles. The number of rotatable bonds is 12. The monoisotopic (exact) mass is 480 g/mol. The Balaban J connectivity index is 2.27. The Bertz CT molecular complexity index is 1030. The van der Waals surface area contributed by atoms with Gasteiger partial charge in [-0.3, -0.25) is 10.1 Å². The number of sulfonamides is 1. The maximum atomic E-state index is 13.3. The van der Waals surface area contributed by atoms with Crippen LogP contribution in [0.4, 0.5) is 11.5 Å². The van der Waals surface area contributed by atoms with E-state index in [1.54, 1.807) is 42.1 Å². The second-order valence-corrected chi connectivity index (χ2v) is 11.0. The van der Waals surface area contributed by atoms with Crippen molar-refractivity contribution in [3.05, 3.63) is 57.8 Å². The molecule has 1 N–H and O–H groups in total. The van der Waals surface area contributed by atoms with Gasteiger partial charge in [0.2, 0.25) is 10.0 Å². The van der Waals surface area contributed by atoms with Crippen LogP contribution in [0, 0.1) is 17.0 Å². The molecule has 0 saturated carbocycles.